The van der Waals surface area contributed by atoms with Crippen molar-refractivity contribution in [1.29, 1.82) is 10.5 Å². The van der Waals surface area contributed by atoms with Gasteiger partial charge in [0.2, 0.25) is 0 Å². The summed E-state index contributed by atoms with van der Waals surface area (Å²) in [6, 6.07) is 25.8. The van der Waals surface area contributed by atoms with Crippen LogP contribution in [-0.2, 0) is 11.8 Å². The van der Waals surface area contributed by atoms with Crippen LogP contribution in [0.4, 0.5) is 0 Å². The molecule has 2 heterocycles. The quantitative estimate of drug-likeness (QED) is 0.0945. The number of terminal acetylenes is 1. The zero-order chi connectivity index (χ0) is 37.2. The van der Waals surface area contributed by atoms with Crippen molar-refractivity contribution in [2.75, 3.05) is 0 Å². The number of nitrogens with zero attached hydrogens (tertiary/aromatic N) is 4. The molecule has 4 nitrogen and oxygen atoms in total. The lowest BCUT2D eigenvalue weighted by atomic mass is 9.68. The fourth-order valence-corrected chi connectivity index (χ4v) is 9.22. The van der Waals surface area contributed by atoms with E-state index in [4.69, 9.17) is 6.42 Å². The SMILES string of the molecule is C#CC1=C(CCC)C2(C)CCC=CC2N1C1C=CC=C[C@]1(C)c1ccc(C#N)c(C/C=C\C(=C/CC=C)n2c3ccccc3c3ccccc32)c1C#N. The number of aromatic nitrogens is 1. The minimum Gasteiger partial charge on any atom is -0.350 e. The van der Waals surface area contributed by atoms with E-state index in [1.807, 2.05) is 18.2 Å². The van der Waals surface area contributed by atoms with Gasteiger partial charge < -0.3 is 9.47 Å². The van der Waals surface area contributed by atoms with Crippen molar-refractivity contribution in [2.45, 2.75) is 76.8 Å². The van der Waals surface area contributed by atoms with Gasteiger partial charge >= 0.3 is 0 Å². The van der Waals surface area contributed by atoms with Crippen LogP contribution in [0, 0.1) is 40.4 Å². The lowest BCUT2D eigenvalue weighted by molar-refractivity contribution is 0.144. The van der Waals surface area contributed by atoms with E-state index in [0.717, 1.165) is 59.2 Å². The molecule has 4 aromatic rings. The van der Waals surface area contributed by atoms with E-state index in [1.54, 1.807) is 0 Å². The molecule has 0 radical (unpaired) electrons. The van der Waals surface area contributed by atoms with Gasteiger partial charge in [0.05, 0.1) is 52.1 Å². The molecule has 7 rings (SSSR count). The molecular formula is C49H46N4. The average molecular weight is 691 g/mol. The number of hydrogen-bond donors (Lipinski definition) is 0. The molecule has 4 atom stereocenters. The van der Waals surface area contributed by atoms with Crippen molar-refractivity contribution in [1.82, 2.24) is 9.47 Å². The van der Waals surface area contributed by atoms with E-state index in [2.05, 4.69) is 158 Å². The largest absolute Gasteiger partial charge is 0.350 e. The molecule has 53 heavy (non-hydrogen) atoms. The average Bonchev–Trinajstić information content (AvgIpc) is 3.65. The number of benzene rings is 3. The summed E-state index contributed by atoms with van der Waals surface area (Å²) >= 11 is 0. The number of para-hydroxylation sites is 2. The van der Waals surface area contributed by atoms with Crippen LogP contribution in [0.5, 0.6) is 0 Å². The third-order valence-corrected chi connectivity index (χ3v) is 11.8. The molecule has 4 heteroatoms. The summed E-state index contributed by atoms with van der Waals surface area (Å²) in [6.45, 7) is 10.8. The Morgan fingerprint density at radius 1 is 0.962 bits per heavy atom. The van der Waals surface area contributed by atoms with E-state index < -0.39 is 5.41 Å². The molecule has 3 aromatic carbocycles. The lowest BCUT2D eigenvalue weighted by Gasteiger charge is -2.48. The second-order valence-corrected chi connectivity index (χ2v) is 14.8. The molecule has 0 N–H and O–H groups in total. The molecule has 0 saturated heterocycles. The second kappa shape index (κ2) is 14.5. The molecule has 0 bridgehead atoms. The van der Waals surface area contributed by atoms with Gasteiger partial charge in [-0.05, 0) is 80.0 Å². The highest BCUT2D eigenvalue weighted by Gasteiger charge is 2.53. The van der Waals surface area contributed by atoms with Gasteiger partial charge in [-0.1, -0.05) is 123 Å². The lowest BCUT2D eigenvalue weighted by Crippen LogP contribution is -2.52. The minimum absolute atomic E-state index is 0.0474. The highest BCUT2D eigenvalue weighted by molar-refractivity contribution is 6.10. The summed E-state index contributed by atoms with van der Waals surface area (Å²) in [5.41, 5.74) is 7.67. The summed E-state index contributed by atoms with van der Waals surface area (Å²) in [7, 11) is 0. The van der Waals surface area contributed by atoms with Crippen molar-refractivity contribution in [2.24, 2.45) is 5.41 Å². The molecule has 262 valence electrons. The molecule has 0 amide bonds. The molecule has 0 fully saturated rings. The fraction of sp³-hybridized carbons (Fsp3) is 0.265. The van der Waals surface area contributed by atoms with Gasteiger partial charge in [-0.25, -0.2) is 0 Å². The Morgan fingerprint density at radius 3 is 2.36 bits per heavy atom. The predicted molar refractivity (Wildman–Crippen MR) is 220 cm³/mol. The zero-order valence-electron chi connectivity index (χ0n) is 31.0. The van der Waals surface area contributed by atoms with Gasteiger partial charge in [-0.2, -0.15) is 10.5 Å². The molecular weight excluding hydrogens is 645 g/mol. The summed E-state index contributed by atoms with van der Waals surface area (Å²) in [5.74, 6) is 3.14. The third-order valence-electron chi connectivity index (χ3n) is 11.8. The van der Waals surface area contributed by atoms with Gasteiger partial charge in [0.1, 0.15) is 0 Å². The Balaban J connectivity index is 1.32. The van der Waals surface area contributed by atoms with E-state index in [9.17, 15) is 10.5 Å². The highest BCUT2D eigenvalue weighted by atomic mass is 15.2. The first-order valence-electron chi connectivity index (χ1n) is 18.8. The number of nitriles is 2. The monoisotopic (exact) mass is 690 g/mol. The smallest absolute Gasteiger partial charge is 0.0998 e. The molecule has 3 unspecified atom stereocenters. The maximum atomic E-state index is 10.9. The topological polar surface area (TPSA) is 55.8 Å². The Labute approximate surface area is 314 Å². The van der Waals surface area contributed by atoms with E-state index in [-0.39, 0.29) is 17.5 Å². The first-order valence-corrected chi connectivity index (χ1v) is 18.8. The first kappa shape index (κ1) is 35.4. The number of rotatable bonds is 10. The van der Waals surface area contributed by atoms with Gasteiger partial charge in [0.25, 0.3) is 0 Å². The van der Waals surface area contributed by atoms with Crippen LogP contribution >= 0.6 is 0 Å². The summed E-state index contributed by atoms with van der Waals surface area (Å²) in [6.07, 6.45) is 33.2. The van der Waals surface area contributed by atoms with Gasteiger partial charge in [0, 0.05) is 27.3 Å². The summed E-state index contributed by atoms with van der Waals surface area (Å²) in [5, 5.41) is 23.7. The van der Waals surface area contributed by atoms with E-state index >= 15 is 0 Å². The normalized spacial score (nSPS) is 23.8. The maximum Gasteiger partial charge on any atom is 0.0998 e. The maximum absolute atomic E-state index is 10.9. The van der Waals surface area contributed by atoms with Crippen molar-refractivity contribution >= 4 is 27.5 Å². The number of hydrogen-bond acceptors (Lipinski definition) is 3. The standard InChI is InChI=1S/C49H46N4/c1-6-9-20-36(52-44-25-12-10-22-38(44)39-23-11-13-26-45(39)52)21-18-24-37-35(33-50)29-30-41(40(37)34-51)48(4)31-16-14-27-46(48)53-43(8-3)42(19-7-2)49(5)32-17-15-28-47(49)53/h3,6,10-16,18,20-23,25-31,46-47H,1,7,9,17,19,24,32H2,2,4-5H3/b21-18-,36-20+/t46?,47?,48-,49?/m1/s1. The van der Waals surface area contributed by atoms with Crippen LogP contribution in [0.25, 0.3) is 27.5 Å². The van der Waals surface area contributed by atoms with Crippen LogP contribution in [0.3, 0.4) is 0 Å². The Kier molecular flexibility index (Phi) is 9.71. The fourth-order valence-electron chi connectivity index (χ4n) is 9.22. The summed E-state index contributed by atoms with van der Waals surface area (Å²) < 4.78 is 2.29. The van der Waals surface area contributed by atoms with E-state index in [0.29, 0.717) is 24.0 Å². The predicted octanol–water partition coefficient (Wildman–Crippen LogP) is 11.2. The Morgan fingerprint density at radius 2 is 1.70 bits per heavy atom. The van der Waals surface area contributed by atoms with Crippen molar-refractivity contribution in [3.63, 3.8) is 0 Å². The Bertz CT molecular complexity index is 2370. The van der Waals surface area contributed by atoms with Gasteiger partial charge in [0.15, 0.2) is 0 Å². The molecule has 2 aliphatic carbocycles. The second-order valence-electron chi connectivity index (χ2n) is 14.8. The van der Waals surface area contributed by atoms with Gasteiger partial charge in [-0.15, -0.1) is 13.0 Å². The first-order chi connectivity index (χ1) is 25.9. The molecule has 1 aromatic heterocycles. The van der Waals surface area contributed by atoms with Crippen LogP contribution in [0.2, 0.25) is 0 Å². The molecule has 1 aliphatic heterocycles. The number of fused-ring (bicyclic) bond motifs is 4. The number of allylic oxidation sites excluding steroid dienone is 9. The van der Waals surface area contributed by atoms with Gasteiger partial charge in [-0.3, -0.25) is 0 Å². The molecule has 3 aliphatic rings. The Hall–Kier alpha value is -6.02. The minimum atomic E-state index is -0.597. The zero-order valence-corrected chi connectivity index (χ0v) is 31.0. The van der Waals surface area contributed by atoms with Crippen molar-refractivity contribution in [3.05, 3.63) is 162 Å². The summed E-state index contributed by atoms with van der Waals surface area (Å²) in [4.78, 5) is 2.46. The third kappa shape index (κ3) is 5.79. The van der Waals surface area contributed by atoms with Crippen LogP contribution < -0.4 is 0 Å². The molecule has 0 saturated carbocycles. The highest BCUT2D eigenvalue weighted by Crippen LogP contribution is 2.54. The van der Waals surface area contributed by atoms with E-state index in [1.165, 1.54) is 16.3 Å². The van der Waals surface area contributed by atoms with Crippen LogP contribution in [0.15, 0.2) is 139 Å². The molecule has 0 spiro atoms. The van der Waals surface area contributed by atoms with Crippen molar-refractivity contribution < 1.29 is 0 Å². The van der Waals surface area contributed by atoms with Crippen LogP contribution in [0.1, 0.15) is 75.1 Å². The van der Waals surface area contributed by atoms with Crippen molar-refractivity contribution in [3.8, 4) is 24.5 Å². The van der Waals surface area contributed by atoms with Crippen LogP contribution in [-0.4, -0.2) is 21.6 Å².